The van der Waals surface area contributed by atoms with Gasteiger partial charge in [-0.3, -0.25) is 14.4 Å². The van der Waals surface area contributed by atoms with E-state index in [2.05, 4.69) is 10.1 Å². The highest BCUT2D eigenvalue weighted by molar-refractivity contribution is 6.07. The van der Waals surface area contributed by atoms with Crippen LogP contribution < -0.4 is 24.3 Å². The summed E-state index contributed by atoms with van der Waals surface area (Å²) < 4.78 is 25.8. The van der Waals surface area contributed by atoms with Gasteiger partial charge in [0, 0.05) is 12.1 Å². The summed E-state index contributed by atoms with van der Waals surface area (Å²) in [7, 11) is 4.17. The molecule has 0 atom stereocenters. The Morgan fingerprint density at radius 1 is 1.00 bits per heavy atom. The highest BCUT2D eigenvalue weighted by Gasteiger charge is 2.23. The lowest BCUT2D eigenvalue weighted by Crippen LogP contribution is -2.26. The molecule has 1 amide bonds. The fraction of sp³-hybridized carbons (Fsp3) is 0.318. The molecule has 0 spiro atoms. The lowest BCUT2D eigenvalue weighted by molar-refractivity contribution is -0.139. The monoisotopic (exact) mass is 429 g/mol. The van der Waals surface area contributed by atoms with E-state index in [9.17, 15) is 14.4 Å². The Balaban J connectivity index is 1.75. The number of methoxy groups -OCH3 is 3. The predicted molar refractivity (Wildman–Crippen MR) is 109 cm³/mol. The summed E-state index contributed by atoms with van der Waals surface area (Å²) in [5, 5.41) is 2.81. The lowest BCUT2D eigenvalue weighted by atomic mass is 9.98. The standard InChI is InChI=1S/C22H23NO8/c1-27-17-6-4-5-14(21(17)29-3)22(26)23-8-7-13-9-18-19(31-12-30-18)10-15(13)16(24)11-20(25)28-2/h4-6,9-10H,7-8,11-12H2,1-3H3,(H,23,26). The van der Waals surface area contributed by atoms with E-state index in [1.165, 1.54) is 21.3 Å². The molecule has 0 fully saturated rings. The van der Waals surface area contributed by atoms with Crippen molar-refractivity contribution in [2.75, 3.05) is 34.7 Å². The van der Waals surface area contributed by atoms with Gasteiger partial charge in [0.05, 0.1) is 26.9 Å². The summed E-state index contributed by atoms with van der Waals surface area (Å²) in [5.74, 6) is 0.334. The zero-order chi connectivity index (χ0) is 22.4. The fourth-order valence-corrected chi connectivity index (χ4v) is 3.22. The van der Waals surface area contributed by atoms with Gasteiger partial charge in [-0.2, -0.15) is 0 Å². The molecule has 31 heavy (non-hydrogen) atoms. The van der Waals surface area contributed by atoms with Gasteiger partial charge in [-0.05, 0) is 36.2 Å². The van der Waals surface area contributed by atoms with Crippen LogP contribution in [0, 0.1) is 0 Å². The van der Waals surface area contributed by atoms with Crippen LogP contribution in [0.4, 0.5) is 0 Å². The second kappa shape index (κ2) is 9.84. The molecule has 164 valence electrons. The van der Waals surface area contributed by atoms with Crippen molar-refractivity contribution in [2.45, 2.75) is 12.8 Å². The molecular weight excluding hydrogens is 406 g/mol. The molecule has 1 aliphatic heterocycles. The molecule has 0 aliphatic carbocycles. The maximum absolute atomic E-state index is 12.7. The Labute approximate surface area is 179 Å². The molecule has 9 heteroatoms. The normalized spacial score (nSPS) is 11.6. The summed E-state index contributed by atoms with van der Waals surface area (Å²) in [6, 6.07) is 8.25. The van der Waals surface area contributed by atoms with Crippen LogP contribution in [-0.2, 0) is 16.0 Å². The quantitative estimate of drug-likeness (QED) is 0.367. The highest BCUT2D eigenvalue weighted by Crippen LogP contribution is 2.35. The van der Waals surface area contributed by atoms with E-state index in [-0.39, 0.29) is 19.2 Å². The van der Waals surface area contributed by atoms with E-state index in [1.807, 2.05) is 0 Å². The first kappa shape index (κ1) is 21.9. The van der Waals surface area contributed by atoms with E-state index < -0.39 is 18.2 Å². The number of carbonyl (C=O) groups is 3. The summed E-state index contributed by atoms with van der Waals surface area (Å²) in [6.07, 6.45) is -0.0621. The number of fused-ring (bicyclic) bond motifs is 1. The average Bonchev–Trinajstić information content (AvgIpc) is 3.24. The zero-order valence-corrected chi connectivity index (χ0v) is 17.5. The third kappa shape index (κ3) is 4.88. The van der Waals surface area contributed by atoms with Gasteiger partial charge in [0.15, 0.2) is 28.8 Å². The van der Waals surface area contributed by atoms with Crippen LogP contribution >= 0.6 is 0 Å². The van der Waals surface area contributed by atoms with Crippen LogP contribution in [0.2, 0.25) is 0 Å². The first-order chi connectivity index (χ1) is 15.0. The Morgan fingerprint density at radius 3 is 2.42 bits per heavy atom. The van der Waals surface area contributed by atoms with Crippen LogP contribution in [-0.4, -0.2) is 52.3 Å². The van der Waals surface area contributed by atoms with Gasteiger partial charge in [0.25, 0.3) is 5.91 Å². The van der Waals surface area contributed by atoms with Gasteiger partial charge in [0.2, 0.25) is 6.79 Å². The molecule has 2 aromatic rings. The number of ketones is 1. The topological polar surface area (TPSA) is 109 Å². The second-order valence-electron chi connectivity index (χ2n) is 6.59. The van der Waals surface area contributed by atoms with Crippen molar-refractivity contribution in [3.05, 3.63) is 47.0 Å². The minimum Gasteiger partial charge on any atom is -0.493 e. The third-order valence-electron chi connectivity index (χ3n) is 4.76. The Kier molecular flexibility index (Phi) is 6.96. The van der Waals surface area contributed by atoms with Crippen LogP contribution in [0.15, 0.2) is 30.3 Å². The van der Waals surface area contributed by atoms with Crippen molar-refractivity contribution in [2.24, 2.45) is 0 Å². The van der Waals surface area contributed by atoms with E-state index in [0.29, 0.717) is 46.1 Å². The molecule has 2 aromatic carbocycles. The smallest absolute Gasteiger partial charge is 0.313 e. The Hall–Kier alpha value is -3.75. The summed E-state index contributed by atoms with van der Waals surface area (Å²) in [5.41, 5.74) is 1.27. The van der Waals surface area contributed by atoms with Crippen LogP contribution in [0.5, 0.6) is 23.0 Å². The van der Waals surface area contributed by atoms with E-state index >= 15 is 0 Å². The molecule has 1 N–H and O–H groups in total. The zero-order valence-electron chi connectivity index (χ0n) is 17.5. The number of hydrogen-bond donors (Lipinski definition) is 1. The number of rotatable bonds is 9. The number of esters is 1. The summed E-state index contributed by atoms with van der Waals surface area (Å²) >= 11 is 0. The van der Waals surface area contributed by atoms with Gasteiger partial charge in [0.1, 0.15) is 6.42 Å². The molecule has 1 heterocycles. The molecular formula is C22H23NO8. The maximum atomic E-state index is 12.7. The molecule has 0 saturated heterocycles. The number of para-hydroxylation sites is 1. The van der Waals surface area contributed by atoms with Crippen LogP contribution in [0.3, 0.4) is 0 Å². The number of nitrogens with one attached hydrogen (secondary N) is 1. The summed E-state index contributed by atoms with van der Waals surface area (Å²) in [6.45, 7) is 0.285. The molecule has 0 bridgehead atoms. The largest absolute Gasteiger partial charge is 0.493 e. The van der Waals surface area contributed by atoms with E-state index in [1.54, 1.807) is 30.3 Å². The molecule has 3 rings (SSSR count). The first-order valence-electron chi connectivity index (χ1n) is 9.50. The van der Waals surface area contributed by atoms with E-state index in [4.69, 9.17) is 18.9 Å². The Bertz CT molecular complexity index is 1000. The minimum atomic E-state index is -0.632. The number of ether oxygens (including phenoxy) is 5. The maximum Gasteiger partial charge on any atom is 0.313 e. The van der Waals surface area contributed by atoms with Crippen molar-refractivity contribution in [3.8, 4) is 23.0 Å². The summed E-state index contributed by atoms with van der Waals surface area (Å²) in [4.78, 5) is 36.8. The average molecular weight is 429 g/mol. The third-order valence-corrected chi connectivity index (χ3v) is 4.76. The molecule has 0 unspecified atom stereocenters. The van der Waals surface area contributed by atoms with Gasteiger partial charge < -0.3 is 29.0 Å². The van der Waals surface area contributed by atoms with Gasteiger partial charge in [-0.15, -0.1) is 0 Å². The highest BCUT2D eigenvalue weighted by atomic mass is 16.7. The van der Waals surface area contributed by atoms with Crippen molar-refractivity contribution < 1.29 is 38.1 Å². The SMILES string of the molecule is COC(=O)CC(=O)c1cc2c(cc1CCNC(=O)c1cccc(OC)c1OC)OCO2. The number of Topliss-reactive ketones (excluding diaryl/α,β-unsaturated/α-hetero) is 1. The lowest BCUT2D eigenvalue weighted by Gasteiger charge is -2.13. The first-order valence-corrected chi connectivity index (χ1v) is 9.50. The van der Waals surface area contributed by atoms with Crippen LogP contribution in [0.1, 0.15) is 32.7 Å². The van der Waals surface area contributed by atoms with Gasteiger partial charge in [-0.1, -0.05) is 6.07 Å². The molecule has 1 aliphatic rings. The van der Waals surface area contributed by atoms with Crippen molar-refractivity contribution in [3.63, 3.8) is 0 Å². The Morgan fingerprint density at radius 2 is 1.74 bits per heavy atom. The number of carbonyl (C=O) groups excluding carboxylic acids is 3. The van der Waals surface area contributed by atoms with Crippen molar-refractivity contribution >= 4 is 17.7 Å². The number of benzene rings is 2. The minimum absolute atomic E-state index is 0.0514. The van der Waals surface area contributed by atoms with Gasteiger partial charge >= 0.3 is 5.97 Å². The van der Waals surface area contributed by atoms with Gasteiger partial charge in [-0.25, -0.2) is 0 Å². The van der Waals surface area contributed by atoms with Crippen molar-refractivity contribution in [1.29, 1.82) is 0 Å². The molecule has 9 nitrogen and oxygen atoms in total. The predicted octanol–water partition coefficient (Wildman–Crippen LogP) is 2.15. The second-order valence-corrected chi connectivity index (χ2v) is 6.59. The number of hydrogen-bond acceptors (Lipinski definition) is 8. The van der Waals surface area contributed by atoms with Crippen molar-refractivity contribution in [1.82, 2.24) is 5.32 Å². The molecule has 0 aromatic heterocycles. The van der Waals surface area contributed by atoms with Crippen LogP contribution in [0.25, 0.3) is 0 Å². The van der Waals surface area contributed by atoms with E-state index in [0.717, 1.165) is 0 Å². The number of amides is 1. The molecule has 0 radical (unpaired) electrons. The fourth-order valence-electron chi connectivity index (χ4n) is 3.22. The molecule has 0 saturated carbocycles.